The maximum Gasteiger partial charge on any atom is 0.308 e. The molecular weight excluding hydrogens is 222 g/mol. The summed E-state index contributed by atoms with van der Waals surface area (Å²) in [5.74, 6) is -1.20. The van der Waals surface area contributed by atoms with E-state index in [1.165, 1.54) is 0 Å². The lowest BCUT2D eigenvalue weighted by Gasteiger charge is -2.40. The minimum atomic E-state index is -1.86. The zero-order valence-corrected chi connectivity index (χ0v) is 12.6. The molecule has 0 rings (SSSR count). The molecule has 0 radical (unpaired) electrons. The van der Waals surface area contributed by atoms with Gasteiger partial charge in [0.15, 0.2) is 8.32 Å². The van der Waals surface area contributed by atoms with Gasteiger partial charge in [-0.1, -0.05) is 27.7 Å². The molecule has 0 unspecified atom stereocenters. The van der Waals surface area contributed by atoms with Crippen molar-refractivity contribution in [2.75, 3.05) is 0 Å². The van der Waals surface area contributed by atoms with E-state index in [2.05, 4.69) is 33.9 Å². The minimum absolute atomic E-state index is 0.124. The van der Waals surface area contributed by atoms with E-state index in [1.807, 2.05) is 6.92 Å². The van der Waals surface area contributed by atoms with Crippen LogP contribution in [0.3, 0.4) is 0 Å². The highest BCUT2D eigenvalue weighted by Crippen LogP contribution is 2.38. The number of aliphatic carboxylic acids is 1. The van der Waals surface area contributed by atoms with Gasteiger partial charge in [-0.25, -0.2) is 0 Å². The fourth-order valence-corrected chi connectivity index (χ4v) is 2.73. The molecule has 0 bridgehead atoms. The average molecular weight is 248 g/mol. The normalized spacial score (nSPS) is 16.9. The molecule has 0 aromatic heterocycles. The van der Waals surface area contributed by atoms with E-state index in [0.717, 1.165) is 6.42 Å². The second kappa shape index (κ2) is 5.32. The van der Waals surface area contributed by atoms with Crippen molar-refractivity contribution in [1.82, 2.24) is 0 Å². The molecule has 0 heterocycles. The highest BCUT2D eigenvalue weighted by atomic mass is 28.4. The summed E-state index contributed by atoms with van der Waals surface area (Å²) in [6.45, 7) is 14.5. The SMILES string of the molecule is CC[13C@@H](O[Si](C)(C)C(C)(C)C)[13C@@H](C)C(=O)O. The Morgan fingerprint density at radius 3 is 2.06 bits per heavy atom. The van der Waals surface area contributed by atoms with Crippen LogP contribution in [0.5, 0.6) is 0 Å². The van der Waals surface area contributed by atoms with Crippen LogP contribution in [0.4, 0.5) is 0 Å². The van der Waals surface area contributed by atoms with Gasteiger partial charge >= 0.3 is 5.97 Å². The van der Waals surface area contributed by atoms with Crippen molar-refractivity contribution in [1.29, 1.82) is 0 Å². The molecular formula is C12H26O3Si. The Morgan fingerprint density at radius 1 is 1.38 bits per heavy atom. The first-order chi connectivity index (χ1) is 7.03. The fraction of sp³-hybridized carbons (Fsp3) is 0.917. The first-order valence-corrected chi connectivity index (χ1v) is 8.84. The Morgan fingerprint density at radius 2 is 1.81 bits per heavy atom. The quantitative estimate of drug-likeness (QED) is 0.598. The summed E-state index contributed by atoms with van der Waals surface area (Å²) in [6.07, 6.45) is 0.582. The molecule has 1 N–H and O–H groups in total. The predicted molar refractivity (Wildman–Crippen MR) is 69.2 cm³/mol. The largest absolute Gasteiger partial charge is 0.481 e. The van der Waals surface area contributed by atoms with Crippen molar-refractivity contribution in [2.45, 2.75) is 65.3 Å². The van der Waals surface area contributed by atoms with E-state index in [1.54, 1.807) is 6.92 Å². The Kier molecular flexibility index (Phi) is 5.20. The van der Waals surface area contributed by atoms with Gasteiger partial charge in [0.2, 0.25) is 0 Å². The average Bonchev–Trinajstić information content (AvgIpc) is 2.11. The van der Waals surface area contributed by atoms with E-state index >= 15 is 0 Å². The highest BCUT2D eigenvalue weighted by Gasteiger charge is 2.40. The highest BCUT2D eigenvalue weighted by molar-refractivity contribution is 6.74. The minimum Gasteiger partial charge on any atom is -0.481 e. The Hall–Kier alpha value is -0.353. The topological polar surface area (TPSA) is 46.5 Å². The summed E-state index contributed by atoms with van der Waals surface area (Å²) in [5, 5.41) is 9.14. The van der Waals surface area contributed by atoms with Gasteiger partial charge in [0.05, 0.1) is 12.0 Å². The molecule has 0 aromatic rings. The molecule has 0 amide bonds. The first-order valence-electron chi connectivity index (χ1n) is 5.93. The van der Waals surface area contributed by atoms with Crippen LogP contribution in [0.2, 0.25) is 18.1 Å². The van der Waals surface area contributed by atoms with Gasteiger partial charge in [-0.3, -0.25) is 4.79 Å². The van der Waals surface area contributed by atoms with E-state index < -0.39 is 20.2 Å². The summed E-state index contributed by atoms with van der Waals surface area (Å²) >= 11 is 0. The second-order valence-corrected chi connectivity index (χ2v) is 10.7. The van der Waals surface area contributed by atoms with Crippen LogP contribution in [0.1, 0.15) is 41.0 Å². The monoisotopic (exact) mass is 248 g/mol. The standard InChI is InChI=1S/C12H26O3Si/c1-8-10(9(2)11(13)14)15-16(6,7)12(3,4)5/h9-10H,8H2,1-7H3,(H,13,14)/t9-,10-/m1/s1/i9+1,10+1. The third-order valence-corrected chi connectivity index (χ3v) is 8.11. The third-order valence-electron chi connectivity index (χ3n) is 3.60. The number of rotatable bonds is 5. The van der Waals surface area contributed by atoms with Crippen molar-refractivity contribution >= 4 is 14.3 Å². The molecule has 0 aliphatic carbocycles. The van der Waals surface area contributed by atoms with Gasteiger partial charge in [0.25, 0.3) is 0 Å². The fourth-order valence-electron chi connectivity index (χ4n) is 1.25. The lowest BCUT2D eigenvalue weighted by atomic mass is 10.2. The van der Waals surface area contributed by atoms with Gasteiger partial charge in [0, 0.05) is 0 Å². The number of carboxylic acids is 1. The van der Waals surface area contributed by atoms with E-state index in [0.29, 0.717) is 0 Å². The van der Waals surface area contributed by atoms with Crippen LogP contribution in [0.25, 0.3) is 0 Å². The van der Waals surface area contributed by atoms with Crippen LogP contribution < -0.4 is 0 Å². The van der Waals surface area contributed by atoms with Crippen LogP contribution in [0, 0.1) is 5.92 Å². The van der Waals surface area contributed by atoms with Gasteiger partial charge in [-0.05, 0) is 31.5 Å². The van der Waals surface area contributed by atoms with Gasteiger partial charge in [-0.15, -0.1) is 0 Å². The summed E-state index contributed by atoms with van der Waals surface area (Å²) in [4.78, 5) is 11.0. The molecule has 16 heavy (non-hydrogen) atoms. The number of hydrogen-bond donors (Lipinski definition) is 1. The summed E-state index contributed by atoms with van der Waals surface area (Å²) in [5.41, 5.74) is 0. The van der Waals surface area contributed by atoms with Crippen LogP contribution >= 0.6 is 0 Å². The smallest absolute Gasteiger partial charge is 0.308 e. The van der Waals surface area contributed by atoms with Crippen molar-refractivity contribution < 1.29 is 14.3 Å². The van der Waals surface area contributed by atoms with Crippen molar-refractivity contribution in [2.24, 2.45) is 5.92 Å². The Labute approximate surface area is 100 Å². The third kappa shape index (κ3) is 3.90. The van der Waals surface area contributed by atoms with Crippen LogP contribution in [-0.2, 0) is 9.22 Å². The molecule has 4 heteroatoms. The summed E-state index contributed by atoms with van der Waals surface area (Å²) in [7, 11) is -1.86. The van der Waals surface area contributed by atoms with Gasteiger partial charge in [-0.2, -0.15) is 0 Å². The molecule has 2 atom stereocenters. The Bertz CT molecular complexity index is 243. The van der Waals surface area contributed by atoms with Gasteiger partial charge < -0.3 is 9.53 Å². The molecule has 3 nitrogen and oxygen atoms in total. The molecule has 0 aliphatic heterocycles. The molecule has 0 aliphatic rings. The second-order valence-electron chi connectivity index (χ2n) is 5.95. The van der Waals surface area contributed by atoms with Crippen LogP contribution in [0.15, 0.2) is 0 Å². The zero-order chi connectivity index (χ0) is 13.1. The summed E-state index contributed by atoms with van der Waals surface area (Å²) < 4.78 is 6.13. The molecule has 0 fully saturated rings. The van der Waals surface area contributed by atoms with Crippen molar-refractivity contribution in [3.05, 3.63) is 0 Å². The number of hydrogen-bond acceptors (Lipinski definition) is 2. The molecule has 0 spiro atoms. The molecule has 0 saturated carbocycles. The maximum absolute atomic E-state index is 11.0. The molecule has 0 aromatic carbocycles. The first kappa shape index (κ1) is 15.6. The number of carboxylic acid groups (broad SMARTS) is 1. The van der Waals surface area contributed by atoms with E-state index in [-0.39, 0.29) is 11.1 Å². The lowest BCUT2D eigenvalue weighted by molar-refractivity contribution is -0.144. The summed E-state index contributed by atoms with van der Waals surface area (Å²) in [6, 6.07) is 0. The van der Waals surface area contributed by atoms with Crippen molar-refractivity contribution in [3.63, 3.8) is 0 Å². The zero-order valence-electron chi connectivity index (χ0n) is 11.6. The molecule has 96 valence electrons. The lowest BCUT2D eigenvalue weighted by Crippen LogP contribution is -2.46. The molecule has 0 saturated heterocycles. The predicted octanol–water partition coefficient (Wildman–Crippen LogP) is 3.51. The van der Waals surface area contributed by atoms with E-state index in [9.17, 15) is 4.79 Å². The van der Waals surface area contributed by atoms with E-state index in [4.69, 9.17) is 9.53 Å². The maximum atomic E-state index is 11.0. The van der Waals surface area contributed by atoms with Crippen LogP contribution in [-0.4, -0.2) is 25.5 Å². The number of carbonyl (C=O) groups is 1. The van der Waals surface area contributed by atoms with Crippen molar-refractivity contribution in [3.8, 4) is 0 Å². The van der Waals surface area contributed by atoms with Gasteiger partial charge in [0.1, 0.15) is 0 Å². The Balaban J connectivity index is 4.73.